The summed E-state index contributed by atoms with van der Waals surface area (Å²) in [6.45, 7) is 8.85. The number of hydrogen-bond acceptors (Lipinski definition) is 0. The topological polar surface area (TPSA) is 0 Å². The van der Waals surface area contributed by atoms with Gasteiger partial charge in [-0.3, -0.25) is 0 Å². The van der Waals surface area contributed by atoms with Gasteiger partial charge < -0.3 is 0 Å². The molecule has 0 saturated heterocycles. The molecule has 1 radical (unpaired) electrons. The number of rotatable bonds is 1. The summed E-state index contributed by atoms with van der Waals surface area (Å²) >= 11 is 0. The number of fused-ring (bicyclic) bond motifs is 1. The Balaban J connectivity index is 2.80. The second kappa shape index (κ2) is 3.69. The van der Waals surface area contributed by atoms with Gasteiger partial charge >= 0.3 is 0 Å². The fourth-order valence-corrected chi connectivity index (χ4v) is 2.37. The minimum absolute atomic E-state index is 0.569. The third-order valence-electron chi connectivity index (χ3n) is 2.96. The Hall–Kier alpha value is -1.30. The molecule has 0 heterocycles. The van der Waals surface area contributed by atoms with Crippen molar-refractivity contribution in [1.82, 2.24) is 0 Å². The molecule has 0 bridgehead atoms. The first kappa shape index (κ1) is 10.2. The van der Waals surface area contributed by atoms with E-state index in [4.69, 9.17) is 0 Å². The first-order valence-electron chi connectivity index (χ1n) is 5.52. The Labute approximate surface area is 92.3 Å². The molecule has 0 spiro atoms. The highest BCUT2D eigenvalue weighted by Gasteiger charge is 2.16. The van der Waals surface area contributed by atoms with Crippen LogP contribution in [0, 0.1) is 19.9 Å². The summed E-state index contributed by atoms with van der Waals surface area (Å²) in [7, 11) is 0. The number of hydrogen-bond donors (Lipinski definition) is 0. The fraction of sp³-hybridized carbons (Fsp3) is 0.333. The van der Waals surface area contributed by atoms with E-state index >= 15 is 0 Å². The van der Waals surface area contributed by atoms with Crippen LogP contribution >= 0.6 is 0 Å². The van der Waals surface area contributed by atoms with Crippen molar-refractivity contribution in [2.24, 2.45) is 0 Å². The van der Waals surface area contributed by atoms with Crippen LogP contribution in [0.1, 0.15) is 36.5 Å². The highest BCUT2D eigenvalue weighted by atomic mass is 14.2. The summed E-state index contributed by atoms with van der Waals surface area (Å²) in [4.78, 5) is 0. The van der Waals surface area contributed by atoms with Gasteiger partial charge in [0.1, 0.15) is 0 Å². The minimum Gasteiger partial charge on any atom is -0.0620 e. The molecule has 0 aliphatic heterocycles. The Morgan fingerprint density at radius 2 is 1.73 bits per heavy atom. The Kier molecular flexibility index (Phi) is 2.52. The zero-order valence-electron chi connectivity index (χ0n) is 9.89. The van der Waals surface area contributed by atoms with E-state index in [0.29, 0.717) is 5.92 Å². The van der Waals surface area contributed by atoms with Crippen LogP contribution in [-0.2, 0) is 0 Å². The van der Waals surface area contributed by atoms with Crippen molar-refractivity contribution < 1.29 is 0 Å². The van der Waals surface area contributed by atoms with Crippen LogP contribution < -0.4 is 0 Å². The quantitative estimate of drug-likeness (QED) is 0.638. The van der Waals surface area contributed by atoms with E-state index in [1.807, 2.05) is 0 Å². The van der Waals surface area contributed by atoms with Gasteiger partial charge in [-0.25, -0.2) is 0 Å². The van der Waals surface area contributed by atoms with Crippen LogP contribution in [0.4, 0.5) is 0 Å². The third kappa shape index (κ3) is 1.65. The lowest BCUT2D eigenvalue weighted by atomic mass is 9.95. The highest BCUT2D eigenvalue weighted by Crippen LogP contribution is 2.37. The Morgan fingerprint density at radius 1 is 1.07 bits per heavy atom. The molecule has 0 heteroatoms. The summed E-state index contributed by atoms with van der Waals surface area (Å²) in [6.07, 6.45) is 0. The molecular formula is C15H17. The molecule has 0 fully saturated rings. The molecule has 77 valence electrons. The van der Waals surface area contributed by atoms with Crippen molar-refractivity contribution in [2.45, 2.75) is 33.6 Å². The van der Waals surface area contributed by atoms with Gasteiger partial charge in [-0.15, -0.1) is 0 Å². The maximum absolute atomic E-state index is 3.47. The van der Waals surface area contributed by atoms with Crippen LogP contribution in [0.5, 0.6) is 0 Å². The van der Waals surface area contributed by atoms with E-state index in [9.17, 15) is 0 Å². The van der Waals surface area contributed by atoms with Crippen molar-refractivity contribution in [3.05, 3.63) is 47.0 Å². The average molecular weight is 197 g/mol. The van der Waals surface area contributed by atoms with Crippen LogP contribution in [-0.4, -0.2) is 0 Å². The van der Waals surface area contributed by atoms with Crippen molar-refractivity contribution >= 4 is 0 Å². The van der Waals surface area contributed by atoms with Crippen molar-refractivity contribution in [1.29, 1.82) is 0 Å². The molecule has 0 aromatic rings. The highest BCUT2D eigenvalue weighted by molar-refractivity contribution is 5.76. The van der Waals surface area contributed by atoms with Gasteiger partial charge in [-0.05, 0) is 53.6 Å². The van der Waals surface area contributed by atoms with E-state index in [2.05, 4.69) is 58.0 Å². The van der Waals surface area contributed by atoms with E-state index < -0.39 is 0 Å². The molecule has 0 aromatic carbocycles. The van der Waals surface area contributed by atoms with Gasteiger partial charge in [-0.1, -0.05) is 38.1 Å². The van der Waals surface area contributed by atoms with Gasteiger partial charge in [0.05, 0.1) is 0 Å². The Bertz CT molecular complexity index is 452. The van der Waals surface area contributed by atoms with E-state index in [1.165, 1.54) is 27.8 Å². The standard InChI is InChI=1S/C15H17/c1-10(2)14-12(4)9-13-8-6-5-7-11(3)15(13)14/h5-8,10H,1-4H3. The molecule has 0 N–H and O–H groups in total. The molecule has 0 unspecified atom stereocenters. The summed E-state index contributed by atoms with van der Waals surface area (Å²) in [5.41, 5.74) is 6.75. The fourth-order valence-electron chi connectivity index (χ4n) is 2.37. The molecule has 0 saturated carbocycles. The molecule has 0 atom stereocenters. The van der Waals surface area contributed by atoms with Crippen molar-refractivity contribution in [3.8, 4) is 11.1 Å². The summed E-state index contributed by atoms with van der Waals surface area (Å²) in [5.74, 6) is 0.569. The van der Waals surface area contributed by atoms with Gasteiger partial charge in [-0.2, -0.15) is 0 Å². The second-order valence-electron chi connectivity index (χ2n) is 4.51. The van der Waals surface area contributed by atoms with Crippen molar-refractivity contribution in [2.75, 3.05) is 0 Å². The molecule has 0 nitrogen and oxygen atoms in total. The summed E-state index contributed by atoms with van der Waals surface area (Å²) in [5, 5.41) is 0. The molecule has 2 aliphatic rings. The minimum atomic E-state index is 0.569. The van der Waals surface area contributed by atoms with Gasteiger partial charge in [0, 0.05) is 0 Å². The first-order valence-corrected chi connectivity index (χ1v) is 5.52. The second-order valence-corrected chi connectivity index (χ2v) is 4.51. The van der Waals surface area contributed by atoms with Gasteiger partial charge in [0.2, 0.25) is 0 Å². The van der Waals surface area contributed by atoms with Gasteiger partial charge in [0.15, 0.2) is 0 Å². The first-order chi connectivity index (χ1) is 7.11. The summed E-state index contributed by atoms with van der Waals surface area (Å²) in [6, 6.07) is 12.0. The van der Waals surface area contributed by atoms with Crippen LogP contribution in [0.25, 0.3) is 11.1 Å². The zero-order valence-corrected chi connectivity index (χ0v) is 9.89. The lowest BCUT2D eigenvalue weighted by Gasteiger charge is -2.09. The molecule has 0 amide bonds. The maximum atomic E-state index is 3.47. The molecule has 0 aromatic heterocycles. The molecule has 2 aliphatic carbocycles. The summed E-state index contributed by atoms with van der Waals surface area (Å²) < 4.78 is 0. The third-order valence-corrected chi connectivity index (χ3v) is 2.96. The maximum Gasteiger partial charge on any atom is -0.00638 e. The van der Waals surface area contributed by atoms with Crippen LogP contribution in [0.3, 0.4) is 0 Å². The van der Waals surface area contributed by atoms with Gasteiger partial charge in [0.25, 0.3) is 0 Å². The molecule has 15 heavy (non-hydrogen) atoms. The largest absolute Gasteiger partial charge is 0.0620 e. The molecular weight excluding hydrogens is 180 g/mol. The number of aryl methyl sites for hydroxylation is 2. The SMILES string of the molecule is Cc1[c]c2ccccc(C)c-2c1C(C)C. The predicted molar refractivity (Wildman–Crippen MR) is 65.5 cm³/mol. The lowest BCUT2D eigenvalue weighted by Crippen LogP contribution is -1.90. The average Bonchev–Trinajstić information content (AvgIpc) is 2.40. The monoisotopic (exact) mass is 197 g/mol. The van der Waals surface area contributed by atoms with E-state index in [0.717, 1.165) is 0 Å². The van der Waals surface area contributed by atoms with Crippen LogP contribution in [0.15, 0.2) is 24.3 Å². The normalized spacial score (nSPS) is 11.3. The van der Waals surface area contributed by atoms with Crippen molar-refractivity contribution in [3.63, 3.8) is 0 Å². The zero-order chi connectivity index (χ0) is 11.0. The smallest absolute Gasteiger partial charge is 0.00638 e. The predicted octanol–water partition coefficient (Wildman–Crippen LogP) is 4.33. The lowest BCUT2D eigenvalue weighted by molar-refractivity contribution is 0.863. The van der Waals surface area contributed by atoms with E-state index in [1.54, 1.807) is 0 Å². The molecule has 2 rings (SSSR count). The van der Waals surface area contributed by atoms with Crippen LogP contribution in [0.2, 0.25) is 0 Å². The van der Waals surface area contributed by atoms with E-state index in [-0.39, 0.29) is 0 Å². The Morgan fingerprint density at radius 3 is 2.40 bits per heavy atom.